The zero-order valence-corrected chi connectivity index (χ0v) is 13.5. The number of hydrogen-bond acceptors (Lipinski definition) is 3. The van der Waals surface area contributed by atoms with Crippen LogP contribution in [0, 0.1) is 0 Å². The normalized spacial score (nSPS) is 28.9. The minimum Gasteiger partial charge on any atom is -0.381 e. The molecule has 3 rings (SSSR count). The van der Waals surface area contributed by atoms with Gasteiger partial charge in [-0.3, -0.25) is 9.69 Å². The lowest BCUT2D eigenvalue weighted by atomic mass is 9.91. The van der Waals surface area contributed by atoms with Crippen LogP contribution in [-0.2, 0) is 22.5 Å². The summed E-state index contributed by atoms with van der Waals surface area (Å²) in [5.41, 5.74) is 2.65. The van der Waals surface area contributed by atoms with Crippen LogP contribution >= 0.6 is 0 Å². The highest BCUT2D eigenvalue weighted by atomic mass is 16.5. The van der Waals surface area contributed by atoms with E-state index in [0.29, 0.717) is 12.1 Å². The summed E-state index contributed by atoms with van der Waals surface area (Å²) < 4.78 is 5.40. The molecule has 1 aromatic rings. The van der Waals surface area contributed by atoms with Gasteiger partial charge in [-0.05, 0) is 50.3 Å². The van der Waals surface area contributed by atoms with E-state index in [1.807, 2.05) is 7.05 Å². The van der Waals surface area contributed by atoms with Crippen molar-refractivity contribution in [2.24, 2.45) is 0 Å². The zero-order chi connectivity index (χ0) is 15.5. The summed E-state index contributed by atoms with van der Waals surface area (Å²) in [4.78, 5) is 14.8. The van der Waals surface area contributed by atoms with E-state index >= 15 is 0 Å². The van der Waals surface area contributed by atoms with Gasteiger partial charge in [-0.1, -0.05) is 24.3 Å². The van der Waals surface area contributed by atoms with Gasteiger partial charge < -0.3 is 10.1 Å². The third-order valence-electron chi connectivity index (χ3n) is 5.14. The van der Waals surface area contributed by atoms with Crippen LogP contribution in [0.5, 0.6) is 0 Å². The predicted octanol–water partition coefficient (Wildman–Crippen LogP) is 2.12. The molecule has 1 N–H and O–H groups in total. The second-order valence-corrected chi connectivity index (χ2v) is 6.62. The Morgan fingerprint density at radius 2 is 1.86 bits per heavy atom. The van der Waals surface area contributed by atoms with Crippen LogP contribution < -0.4 is 5.32 Å². The maximum atomic E-state index is 12.7. The molecular formula is C18H26N2O2. The number of carbonyl (C=O) groups excluding carboxylic acids is 1. The summed E-state index contributed by atoms with van der Waals surface area (Å²) in [6.07, 6.45) is 5.33. The number of rotatable bonds is 3. The van der Waals surface area contributed by atoms with Crippen LogP contribution in [0.15, 0.2) is 24.3 Å². The van der Waals surface area contributed by atoms with Crippen molar-refractivity contribution in [3.63, 3.8) is 0 Å². The van der Waals surface area contributed by atoms with Crippen molar-refractivity contribution in [2.75, 3.05) is 14.2 Å². The number of hydrogen-bond donors (Lipinski definition) is 1. The summed E-state index contributed by atoms with van der Waals surface area (Å²) >= 11 is 0. The SMILES string of the molecule is COC1CCC(NC(=O)C2Cc3ccccc3CN2C)CC1. The number of carbonyl (C=O) groups is 1. The van der Waals surface area contributed by atoms with Crippen LogP contribution in [0.1, 0.15) is 36.8 Å². The molecule has 120 valence electrons. The van der Waals surface area contributed by atoms with Gasteiger partial charge in [-0.15, -0.1) is 0 Å². The summed E-state index contributed by atoms with van der Waals surface area (Å²) in [5.74, 6) is 0.179. The standard InChI is InChI=1S/C18H26N2O2/c1-20-12-14-6-4-3-5-13(14)11-17(20)18(21)19-15-7-9-16(22-2)10-8-15/h3-6,15-17H,7-12H2,1-2H3,(H,19,21). The number of ether oxygens (including phenoxy) is 1. The highest BCUT2D eigenvalue weighted by Gasteiger charge is 2.31. The second kappa shape index (κ2) is 6.80. The van der Waals surface area contributed by atoms with Crippen LogP contribution in [0.2, 0.25) is 0 Å². The smallest absolute Gasteiger partial charge is 0.237 e. The molecule has 1 heterocycles. The summed E-state index contributed by atoms with van der Waals surface area (Å²) in [5, 5.41) is 3.26. The van der Waals surface area contributed by atoms with Crippen molar-refractivity contribution in [3.05, 3.63) is 35.4 Å². The summed E-state index contributed by atoms with van der Waals surface area (Å²) in [7, 11) is 3.82. The van der Waals surface area contributed by atoms with Gasteiger partial charge in [0.15, 0.2) is 0 Å². The highest BCUT2D eigenvalue weighted by Crippen LogP contribution is 2.24. The number of fused-ring (bicyclic) bond motifs is 1. The van der Waals surface area contributed by atoms with E-state index in [1.54, 1.807) is 7.11 Å². The minimum absolute atomic E-state index is 0.0463. The topological polar surface area (TPSA) is 41.6 Å². The lowest BCUT2D eigenvalue weighted by Gasteiger charge is -2.35. The summed E-state index contributed by atoms with van der Waals surface area (Å²) in [6.45, 7) is 0.852. The molecule has 2 aliphatic rings. The molecule has 22 heavy (non-hydrogen) atoms. The number of nitrogens with one attached hydrogen (secondary N) is 1. The Morgan fingerprint density at radius 3 is 2.55 bits per heavy atom. The molecule has 1 atom stereocenters. The first-order valence-corrected chi connectivity index (χ1v) is 8.27. The van der Waals surface area contributed by atoms with E-state index in [9.17, 15) is 4.79 Å². The van der Waals surface area contributed by atoms with Crippen molar-refractivity contribution < 1.29 is 9.53 Å². The van der Waals surface area contributed by atoms with Gasteiger partial charge in [0.05, 0.1) is 12.1 Å². The van der Waals surface area contributed by atoms with Crippen molar-refractivity contribution in [1.29, 1.82) is 0 Å². The lowest BCUT2D eigenvalue weighted by Crippen LogP contribution is -2.51. The maximum Gasteiger partial charge on any atom is 0.237 e. The van der Waals surface area contributed by atoms with Gasteiger partial charge in [0, 0.05) is 19.7 Å². The molecule has 1 fully saturated rings. The first-order valence-electron chi connectivity index (χ1n) is 8.27. The van der Waals surface area contributed by atoms with Gasteiger partial charge >= 0.3 is 0 Å². The molecule has 0 bridgehead atoms. The van der Waals surface area contributed by atoms with E-state index in [1.165, 1.54) is 11.1 Å². The lowest BCUT2D eigenvalue weighted by molar-refractivity contribution is -0.127. The molecule has 1 saturated carbocycles. The van der Waals surface area contributed by atoms with E-state index < -0.39 is 0 Å². The Labute approximate surface area is 132 Å². The molecular weight excluding hydrogens is 276 g/mol. The molecule has 1 unspecified atom stereocenters. The van der Waals surface area contributed by atoms with E-state index in [-0.39, 0.29) is 11.9 Å². The van der Waals surface area contributed by atoms with E-state index in [2.05, 4.69) is 34.5 Å². The second-order valence-electron chi connectivity index (χ2n) is 6.62. The van der Waals surface area contributed by atoms with Crippen LogP contribution in [0.4, 0.5) is 0 Å². The first kappa shape index (κ1) is 15.5. The highest BCUT2D eigenvalue weighted by molar-refractivity contribution is 5.82. The quantitative estimate of drug-likeness (QED) is 0.930. The average molecular weight is 302 g/mol. The van der Waals surface area contributed by atoms with Gasteiger partial charge in [-0.25, -0.2) is 0 Å². The van der Waals surface area contributed by atoms with Crippen molar-refractivity contribution >= 4 is 5.91 Å². The Hall–Kier alpha value is -1.39. The largest absolute Gasteiger partial charge is 0.381 e. The van der Waals surface area contributed by atoms with Gasteiger partial charge in [0.1, 0.15) is 0 Å². The molecule has 4 heteroatoms. The number of amides is 1. The van der Waals surface area contributed by atoms with Crippen molar-refractivity contribution in [3.8, 4) is 0 Å². The van der Waals surface area contributed by atoms with Gasteiger partial charge in [0.2, 0.25) is 5.91 Å². The Bertz CT molecular complexity index is 524. The fraction of sp³-hybridized carbons (Fsp3) is 0.611. The Kier molecular flexibility index (Phi) is 4.79. The summed E-state index contributed by atoms with van der Waals surface area (Å²) in [6, 6.07) is 8.70. The molecule has 0 radical (unpaired) electrons. The fourth-order valence-electron chi connectivity index (χ4n) is 3.69. The molecule has 1 aliphatic carbocycles. The number of benzene rings is 1. The Morgan fingerprint density at radius 1 is 1.18 bits per heavy atom. The van der Waals surface area contributed by atoms with Crippen LogP contribution in [0.25, 0.3) is 0 Å². The van der Waals surface area contributed by atoms with Gasteiger partial charge in [-0.2, -0.15) is 0 Å². The van der Waals surface area contributed by atoms with Gasteiger partial charge in [0.25, 0.3) is 0 Å². The number of likely N-dealkylation sites (N-methyl/N-ethyl adjacent to an activating group) is 1. The monoisotopic (exact) mass is 302 g/mol. The third kappa shape index (κ3) is 3.33. The van der Waals surface area contributed by atoms with E-state index in [0.717, 1.165) is 38.6 Å². The van der Waals surface area contributed by atoms with Crippen LogP contribution in [-0.4, -0.2) is 43.2 Å². The number of methoxy groups -OCH3 is 1. The first-order chi connectivity index (χ1) is 10.7. The Balaban J connectivity index is 1.59. The molecule has 0 spiro atoms. The predicted molar refractivity (Wildman–Crippen MR) is 86.6 cm³/mol. The molecule has 0 saturated heterocycles. The minimum atomic E-state index is -0.0463. The van der Waals surface area contributed by atoms with Crippen LogP contribution in [0.3, 0.4) is 0 Å². The maximum absolute atomic E-state index is 12.7. The average Bonchev–Trinajstić information content (AvgIpc) is 2.54. The van der Waals surface area contributed by atoms with E-state index in [4.69, 9.17) is 4.74 Å². The van der Waals surface area contributed by atoms with Crippen molar-refractivity contribution in [1.82, 2.24) is 10.2 Å². The van der Waals surface area contributed by atoms with Crippen molar-refractivity contribution in [2.45, 2.75) is 56.8 Å². The molecule has 4 nitrogen and oxygen atoms in total. The fourth-order valence-corrected chi connectivity index (χ4v) is 3.69. The number of nitrogens with zero attached hydrogens (tertiary/aromatic N) is 1. The molecule has 1 aliphatic heterocycles. The third-order valence-corrected chi connectivity index (χ3v) is 5.14. The molecule has 0 aromatic heterocycles. The molecule has 1 amide bonds. The zero-order valence-electron chi connectivity index (χ0n) is 13.5. The molecule has 1 aromatic carbocycles.